The fraction of sp³-hybridized carbons (Fsp3) is 0.324. The van der Waals surface area contributed by atoms with E-state index in [1.165, 1.54) is 41.1 Å². The number of pyridine rings is 1. The molecule has 0 radical (unpaired) electrons. The highest BCUT2D eigenvalue weighted by Gasteiger charge is 2.67. The van der Waals surface area contributed by atoms with Crippen LogP contribution in [0, 0.1) is 0 Å². The molecule has 5 rings (SSSR count). The number of methoxy groups -OCH3 is 1. The highest BCUT2D eigenvalue weighted by molar-refractivity contribution is 8.00. The Labute approximate surface area is 332 Å². The Kier molecular flexibility index (Phi) is 12.6. The summed E-state index contributed by atoms with van der Waals surface area (Å²) in [5.41, 5.74) is -3.57. The maximum Gasteiger partial charge on any atom is 0.352 e. The van der Waals surface area contributed by atoms with Crippen LogP contribution >= 0.6 is 11.8 Å². The molecule has 2 aromatic carbocycles. The molecule has 1 unspecified atom stereocenters. The van der Waals surface area contributed by atoms with Gasteiger partial charge in [0.2, 0.25) is 11.3 Å². The van der Waals surface area contributed by atoms with Gasteiger partial charge in [0.1, 0.15) is 35.0 Å². The Bertz CT molecular complexity index is 2340. The first-order valence-corrected chi connectivity index (χ1v) is 18.2. The maximum absolute atomic E-state index is 14.3. The Morgan fingerprint density at radius 3 is 2.14 bits per heavy atom. The number of aryl methyl sites for hydroxylation is 1. The summed E-state index contributed by atoms with van der Waals surface area (Å²) >= 11 is 1.01. The molecule has 3 amide bonds. The molecule has 0 saturated carbocycles. The molecule has 21 heteroatoms. The van der Waals surface area contributed by atoms with Crippen LogP contribution in [0.4, 0.5) is 0 Å². The van der Waals surface area contributed by atoms with Crippen LogP contribution in [0.5, 0.6) is 17.2 Å². The number of fused-ring (bicyclic) bond motifs is 2. The smallest absolute Gasteiger partial charge is 0.352 e. The van der Waals surface area contributed by atoms with E-state index in [2.05, 4.69) is 10.6 Å². The second-order valence-electron chi connectivity index (χ2n) is 12.6. The molecule has 3 atom stereocenters. The van der Waals surface area contributed by atoms with Crippen LogP contribution in [0.2, 0.25) is 0 Å². The molecule has 1 fully saturated rings. The van der Waals surface area contributed by atoms with Crippen molar-refractivity contribution in [2.45, 2.75) is 51.4 Å². The zero-order valence-corrected chi connectivity index (χ0v) is 32.3. The minimum atomic E-state index is -2.16. The Hall–Kier alpha value is -6.74. The Morgan fingerprint density at radius 1 is 0.948 bits per heavy atom. The summed E-state index contributed by atoms with van der Waals surface area (Å²) < 4.78 is 27.6. The van der Waals surface area contributed by atoms with Gasteiger partial charge in [0.25, 0.3) is 17.5 Å². The average molecular weight is 825 g/mol. The van der Waals surface area contributed by atoms with E-state index in [1.807, 2.05) is 0 Å². The zero-order chi connectivity index (χ0) is 42.6. The van der Waals surface area contributed by atoms with Gasteiger partial charge in [-0.25, -0.2) is 9.59 Å². The molecule has 1 saturated heterocycles. The van der Waals surface area contributed by atoms with Crippen molar-refractivity contribution in [2.75, 3.05) is 26.1 Å². The quantitative estimate of drug-likeness (QED) is 0.0722. The highest BCUT2D eigenvalue weighted by Crippen LogP contribution is 2.47. The van der Waals surface area contributed by atoms with Gasteiger partial charge in [-0.1, -0.05) is 12.1 Å². The minimum Gasteiger partial charge on any atom is -0.482 e. The lowest BCUT2D eigenvalue weighted by molar-refractivity contribution is -0.193. The second kappa shape index (κ2) is 17.2. The van der Waals surface area contributed by atoms with E-state index in [-0.39, 0.29) is 51.6 Å². The van der Waals surface area contributed by atoms with E-state index >= 15 is 0 Å². The molecule has 58 heavy (non-hydrogen) atoms. The van der Waals surface area contributed by atoms with E-state index in [1.54, 1.807) is 6.92 Å². The molecule has 1 aromatic heterocycles. The molecular weight excluding hydrogens is 788 g/mol. The summed E-state index contributed by atoms with van der Waals surface area (Å²) in [6, 6.07) is 6.02. The molecule has 0 aliphatic carbocycles. The number of carboxylic acids is 2. The van der Waals surface area contributed by atoms with Crippen LogP contribution in [0.15, 0.2) is 58.7 Å². The van der Waals surface area contributed by atoms with Crippen LogP contribution in [-0.4, -0.2) is 104 Å². The topological polar surface area (TPSA) is 272 Å². The van der Waals surface area contributed by atoms with Gasteiger partial charge in [0, 0.05) is 58.0 Å². The fourth-order valence-electron chi connectivity index (χ4n) is 6.20. The fourth-order valence-corrected chi connectivity index (χ4v) is 7.62. The molecule has 0 spiro atoms. The van der Waals surface area contributed by atoms with Gasteiger partial charge >= 0.3 is 29.8 Å². The molecule has 4 N–H and O–H groups in total. The van der Waals surface area contributed by atoms with Crippen molar-refractivity contribution in [3.05, 3.63) is 75.2 Å². The molecule has 306 valence electrons. The summed E-state index contributed by atoms with van der Waals surface area (Å²) in [5, 5.41) is 22.8. The Balaban J connectivity index is 1.54. The third-order valence-corrected chi connectivity index (χ3v) is 10.1. The number of amides is 3. The van der Waals surface area contributed by atoms with Crippen LogP contribution in [-0.2, 0) is 49.6 Å². The van der Waals surface area contributed by atoms with E-state index < -0.39 is 94.6 Å². The summed E-state index contributed by atoms with van der Waals surface area (Å²) in [7, 11) is 1.11. The summed E-state index contributed by atoms with van der Waals surface area (Å²) in [5.74, 6) is -8.47. The van der Waals surface area contributed by atoms with Gasteiger partial charge in [0.15, 0.2) is 18.1 Å². The third kappa shape index (κ3) is 8.49. The number of carboxylic acid groups (broad SMARTS) is 2. The largest absolute Gasteiger partial charge is 0.482 e. The summed E-state index contributed by atoms with van der Waals surface area (Å²) in [6.45, 7) is 4.13. The number of carbonyl (C=O) groups excluding carboxylic acids is 6. The van der Waals surface area contributed by atoms with Gasteiger partial charge < -0.3 is 49.1 Å². The van der Waals surface area contributed by atoms with E-state index in [0.717, 1.165) is 50.6 Å². The van der Waals surface area contributed by atoms with E-state index in [0.29, 0.717) is 0 Å². The predicted octanol–water partition coefficient (Wildman–Crippen LogP) is 1.08. The third-order valence-electron chi connectivity index (χ3n) is 8.74. The van der Waals surface area contributed by atoms with Crippen molar-refractivity contribution in [3.63, 3.8) is 0 Å². The molecule has 20 nitrogen and oxygen atoms in total. The molecule has 2 aliphatic heterocycles. The van der Waals surface area contributed by atoms with Crippen molar-refractivity contribution in [1.82, 2.24) is 20.1 Å². The first-order chi connectivity index (χ1) is 27.4. The van der Waals surface area contributed by atoms with Crippen molar-refractivity contribution >= 4 is 70.2 Å². The van der Waals surface area contributed by atoms with Crippen LogP contribution in [0.1, 0.15) is 49.7 Å². The molecule has 3 heterocycles. The van der Waals surface area contributed by atoms with Crippen molar-refractivity contribution in [3.8, 4) is 17.2 Å². The summed E-state index contributed by atoms with van der Waals surface area (Å²) in [6.07, 6.45) is 1.21. The van der Waals surface area contributed by atoms with Gasteiger partial charge in [-0.3, -0.25) is 38.5 Å². The second-order valence-corrected chi connectivity index (χ2v) is 13.7. The lowest BCUT2D eigenvalue weighted by Gasteiger charge is -2.56. The summed E-state index contributed by atoms with van der Waals surface area (Å²) in [4.78, 5) is 115. The van der Waals surface area contributed by atoms with Gasteiger partial charge in [-0.05, 0) is 30.7 Å². The van der Waals surface area contributed by atoms with Crippen molar-refractivity contribution in [1.29, 1.82) is 0 Å². The molecule has 2 aliphatic rings. The number of nitrogens with one attached hydrogen (secondary N) is 2. The SMILES string of the molecule is CCn1cc(C(=O)NC(C(=O)N[C@]2(OC)C(=O)N3C(C(=O)O)=C(COC(C)=O)CS[C@@H]32)c2ccc(OCC(=O)O)cc2)c(=O)c2cc(OC(C)=O)c(OC(C)=O)cc21. The van der Waals surface area contributed by atoms with E-state index in [4.69, 9.17) is 28.8 Å². The van der Waals surface area contributed by atoms with Crippen molar-refractivity contribution in [2.24, 2.45) is 0 Å². The van der Waals surface area contributed by atoms with Crippen LogP contribution < -0.4 is 30.3 Å². The minimum absolute atomic E-state index is 0.0322. The number of hydrogen-bond donors (Lipinski definition) is 4. The molecule has 3 aromatic rings. The number of rotatable bonds is 15. The number of nitrogens with zero attached hydrogens (tertiary/aromatic N) is 2. The van der Waals surface area contributed by atoms with Gasteiger partial charge in [-0.2, -0.15) is 0 Å². The molecule has 0 bridgehead atoms. The number of benzene rings is 2. The number of hydrogen-bond acceptors (Lipinski definition) is 15. The number of esters is 3. The number of ether oxygens (including phenoxy) is 5. The maximum atomic E-state index is 14.3. The van der Waals surface area contributed by atoms with Gasteiger partial charge in [0.05, 0.1) is 10.9 Å². The molecular formula is C37H36N4O16S. The lowest BCUT2D eigenvalue weighted by Crippen LogP contribution is -2.81. The van der Waals surface area contributed by atoms with E-state index in [9.17, 15) is 48.3 Å². The van der Waals surface area contributed by atoms with Crippen LogP contribution in [0.3, 0.4) is 0 Å². The average Bonchev–Trinajstić information content (AvgIpc) is 3.17. The Morgan fingerprint density at radius 2 is 1.59 bits per heavy atom. The normalized spacial score (nSPS) is 17.6. The first-order valence-electron chi connectivity index (χ1n) is 17.2. The predicted molar refractivity (Wildman–Crippen MR) is 199 cm³/mol. The van der Waals surface area contributed by atoms with Crippen LogP contribution in [0.25, 0.3) is 10.9 Å². The number of aliphatic carboxylic acids is 2. The van der Waals surface area contributed by atoms with Crippen molar-refractivity contribution < 1.29 is 72.3 Å². The lowest BCUT2D eigenvalue weighted by atomic mass is 9.96. The number of carbonyl (C=O) groups is 8. The first kappa shape index (κ1) is 42.4. The zero-order valence-electron chi connectivity index (χ0n) is 31.4. The number of β-lactam (4-membered cyclic amide) rings is 1. The highest BCUT2D eigenvalue weighted by atomic mass is 32.2. The number of thioether (sulfide) groups is 1. The van der Waals surface area contributed by atoms with Gasteiger partial charge in [-0.15, -0.1) is 11.8 Å². The number of aromatic nitrogens is 1. The monoisotopic (exact) mass is 824 g/mol. The standard InChI is InChI=1S/C37H36N4O16S/c1-6-40-13-24(31(47)23-11-26(56-18(3)43)27(12-25(23)40)57-19(4)44)32(48)38-29(20-7-9-22(10-8-20)55-15-28(45)46)33(49)39-37(53-5)35(52)41-30(34(50)51)21(14-54-17(2)42)16-58-36(37)41/h7-13,29,36H,6,14-16H2,1-5H3,(H,38,48)(H,39,49)(H,45,46)(H,50,51)/t29?,36-,37+/m1/s1.